The van der Waals surface area contributed by atoms with E-state index in [1.165, 1.54) is 0 Å². The molecule has 4 nitrogen and oxygen atoms in total. The van der Waals surface area contributed by atoms with E-state index in [1.807, 2.05) is 85.8 Å². The lowest BCUT2D eigenvalue weighted by Gasteiger charge is -2.26. The van der Waals surface area contributed by atoms with Crippen LogP contribution in [0.15, 0.2) is 78.9 Å². The first kappa shape index (κ1) is 19.9. The van der Waals surface area contributed by atoms with Crippen molar-refractivity contribution in [2.45, 2.75) is 38.8 Å². The van der Waals surface area contributed by atoms with Gasteiger partial charge in [0.05, 0.1) is 6.42 Å². The minimum Gasteiger partial charge on any atom is -0.452 e. The zero-order valence-corrected chi connectivity index (χ0v) is 17.2. The van der Waals surface area contributed by atoms with Gasteiger partial charge in [-0.2, -0.15) is 0 Å². The van der Waals surface area contributed by atoms with Crippen molar-refractivity contribution in [3.63, 3.8) is 0 Å². The number of ether oxygens (including phenoxy) is 1. The first-order chi connectivity index (χ1) is 14.5. The zero-order chi connectivity index (χ0) is 21.1. The van der Waals surface area contributed by atoms with Crippen LogP contribution < -0.4 is 4.90 Å². The fraction of sp³-hybridized carbons (Fsp3) is 0.231. The first-order valence-corrected chi connectivity index (χ1v) is 10.3. The van der Waals surface area contributed by atoms with Crippen molar-refractivity contribution in [3.8, 4) is 11.1 Å². The number of carbonyl (C=O) groups excluding carboxylic acids is 2. The fourth-order valence-electron chi connectivity index (χ4n) is 4.00. The van der Waals surface area contributed by atoms with Crippen LogP contribution in [0.4, 0.5) is 5.69 Å². The Hall–Kier alpha value is -3.40. The normalized spacial score (nSPS) is 16.1. The Balaban J connectivity index is 1.37. The van der Waals surface area contributed by atoms with Gasteiger partial charge in [0.2, 0.25) is 0 Å². The second-order valence-corrected chi connectivity index (χ2v) is 7.76. The van der Waals surface area contributed by atoms with E-state index in [-0.39, 0.29) is 18.4 Å². The Bertz CT molecular complexity index is 1040. The van der Waals surface area contributed by atoms with E-state index in [0.29, 0.717) is 0 Å². The molecule has 0 saturated carbocycles. The lowest BCUT2D eigenvalue weighted by molar-refractivity contribution is -0.153. The summed E-state index contributed by atoms with van der Waals surface area (Å²) >= 11 is 0. The van der Waals surface area contributed by atoms with Crippen LogP contribution in [0, 0.1) is 0 Å². The fourth-order valence-corrected chi connectivity index (χ4v) is 4.00. The summed E-state index contributed by atoms with van der Waals surface area (Å²) in [6.07, 6.45) is 0.129. The second-order valence-electron chi connectivity index (χ2n) is 7.76. The van der Waals surface area contributed by atoms with Crippen LogP contribution >= 0.6 is 0 Å². The average molecular weight is 399 g/mol. The Morgan fingerprint density at radius 3 is 2.30 bits per heavy atom. The maximum atomic E-state index is 13.0. The summed E-state index contributed by atoms with van der Waals surface area (Å²) in [7, 11) is 0. The van der Waals surface area contributed by atoms with Crippen molar-refractivity contribution in [1.29, 1.82) is 0 Å². The van der Waals surface area contributed by atoms with Crippen LogP contribution in [0.1, 0.15) is 25.0 Å². The molecular weight excluding hydrogens is 374 g/mol. The minimum atomic E-state index is -0.824. The molecule has 0 bridgehead atoms. The largest absolute Gasteiger partial charge is 0.452 e. The van der Waals surface area contributed by atoms with Crippen LogP contribution in [0.2, 0.25) is 0 Å². The van der Waals surface area contributed by atoms with Crippen LogP contribution in [0.3, 0.4) is 0 Å². The van der Waals surface area contributed by atoms with Gasteiger partial charge in [-0.1, -0.05) is 72.8 Å². The summed E-state index contributed by atoms with van der Waals surface area (Å²) in [5.74, 6) is -0.580. The average Bonchev–Trinajstić information content (AvgIpc) is 3.10. The highest BCUT2D eigenvalue weighted by Gasteiger charge is 2.34. The van der Waals surface area contributed by atoms with E-state index in [0.717, 1.165) is 34.4 Å². The van der Waals surface area contributed by atoms with Gasteiger partial charge in [0.1, 0.15) is 0 Å². The van der Waals surface area contributed by atoms with Crippen molar-refractivity contribution < 1.29 is 14.3 Å². The smallest absolute Gasteiger partial charge is 0.311 e. The Kier molecular flexibility index (Phi) is 5.66. The number of hydrogen-bond acceptors (Lipinski definition) is 3. The van der Waals surface area contributed by atoms with Crippen molar-refractivity contribution in [2.24, 2.45) is 0 Å². The molecule has 0 saturated heterocycles. The molecule has 1 aliphatic heterocycles. The number of amides is 1. The SMILES string of the molecule is C[C@@H](OC(=O)Cc1ccc(-c2ccccc2)cc1)C(=O)N1c2ccccc2C[C@@H]1C. The van der Waals surface area contributed by atoms with Gasteiger partial charge in [-0.3, -0.25) is 9.59 Å². The summed E-state index contributed by atoms with van der Waals surface area (Å²) in [6.45, 7) is 3.66. The number of rotatable bonds is 5. The number of hydrogen-bond donors (Lipinski definition) is 0. The molecular formula is C26H25NO3. The summed E-state index contributed by atoms with van der Waals surface area (Å²) in [4.78, 5) is 27.1. The molecule has 1 aliphatic rings. The predicted molar refractivity (Wildman–Crippen MR) is 118 cm³/mol. The molecule has 30 heavy (non-hydrogen) atoms. The molecule has 0 radical (unpaired) electrons. The second kappa shape index (κ2) is 8.54. The van der Waals surface area contributed by atoms with E-state index in [9.17, 15) is 9.59 Å². The summed E-state index contributed by atoms with van der Waals surface area (Å²) in [5, 5.41) is 0. The maximum Gasteiger partial charge on any atom is 0.311 e. The molecule has 0 aromatic heterocycles. The third-order valence-corrected chi connectivity index (χ3v) is 5.51. The first-order valence-electron chi connectivity index (χ1n) is 10.3. The Morgan fingerprint density at radius 1 is 0.933 bits per heavy atom. The third-order valence-electron chi connectivity index (χ3n) is 5.51. The lowest BCUT2D eigenvalue weighted by atomic mass is 10.0. The standard InChI is InChI=1S/C26H25NO3/c1-18-16-23-10-6-7-11-24(23)27(18)26(29)19(2)30-25(28)17-20-12-14-22(15-13-20)21-8-4-3-5-9-21/h3-15,18-19H,16-17H2,1-2H3/t18-,19+/m0/s1. The number of anilines is 1. The van der Waals surface area contributed by atoms with Crippen LogP contribution in [-0.2, 0) is 27.2 Å². The molecule has 0 N–H and O–H groups in total. The summed E-state index contributed by atoms with van der Waals surface area (Å²) in [5.41, 5.74) is 5.15. The Labute approximate surface area is 177 Å². The molecule has 0 unspecified atom stereocenters. The quantitative estimate of drug-likeness (QED) is 0.579. The van der Waals surface area contributed by atoms with Gasteiger partial charge in [0, 0.05) is 11.7 Å². The van der Waals surface area contributed by atoms with Gasteiger partial charge in [-0.25, -0.2) is 0 Å². The van der Waals surface area contributed by atoms with Gasteiger partial charge < -0.3 is 9.64 Å². The van der Waals surface area contributed by atoms with E-state index >= 15 is 0 Å². The number of nitrogens with zero attached hydrogens (tertiary/aromatic N) is 1. The molecule has 0 aliphatic carbocycles. The number of carbonyl (C=O) groups is 2. The lowest BCUT2D eigenvalue weighted by Crippen LogP contribution is -2.43. The number of fused-ring (bicyclic) bond motifs is 1. The third kappa shape index (κ3) is 4.13. The maximum absolute atomic E-state index is 13.0. The Morgan fingerprint density at radius 2 is 1.57 bits per heavy atom. The van der Waals surface area contributed by atoms with Gasteiger partial charge in [0.25, 0.3) is 5.91 Å². The van der Waals surface area contributed by atoms with Gasteiger partial charge in [-0.05, 0) is 48.6 Å². The topological polar surface area (TPSA) is 46.6 Å². The molecule has 4 rings (SSSR count). The monoisotopic (exact) mass is 399 g/mol. The molecule has 1 amide bonds. The number of esters is 1. The van der Waals surface area contributed by atoms with E-state index < -0.39 is 12.1 Å². The predicted octanol–water partition coefficient (Wildman–Crippen LogP) is 4.81. The highest BCUT2D eigenvalue weighted by molar-refractivity contribution is 5.99. The molecule has 0 spiro atoms. The summed E-state index contributed by atoms with van der Waals surface area (Å²) < 4.78 is 5.48. The summed E-state index contributed by atoms with van der Waals surface area (Å²) in [6, 6.07) is 25.9. The number of para-hydroxylation sites is 1. The number of benzene rings is 3. The minimum absolute atomic E-state index is 0.0570. The molecule has 0 fully saturated rings. The zero-order valence-electron chi connectivity index (χ0n) is 17.2. The van der Waals surface area contributed by atoms with Crippen molar-refractivity contribution >= 4 is 17.6 Å². The van der Waals surface area contributed by atoms with Gasteiger partial charge >= 0.3 is 5.97 Å². The molecule has 2 atom stereocenters. The van der Waals surface area contributed by atoms with Crippen molar-refractivity contribution in [3.05, 3.63) is 90.0 Å². The molecule has 1 heterocycles. The van der Waals surface area contributed by atoms with Crippen molar-refractivity contribution in [1.82, 2.24) is 0 Å². The van der Waals surface area contributed by atoms with Gasteiger partial charge in [0.15, 0.2) is 6.10 Å². The molecule has 4 heteroatoms. The molecule has 152 valence electrons. The molecule has 3 aromatic carbocycles. The van der Waals surface area contributed by atoms with Crippen LogP contribution in [-0.4, -0.2) is 24.0 Å². The van der Waals surface area contributed by atoms with E-state index in [4.69, 9.17) is 4.74 Å². The van der Waals surface area contributed by atoms with Crippen molar-refractivity contribution in [2.75, 3.05) is 4.90 Å². The van der Waals surface area contributed by atoms with Gasteiger partial charge in [-0.15, -0.1) is 0 Å². The highest BCUT2D eigenvalue weighted by atomic mass is 16.5. The molecule has 3 aromatic rings. The van der Waals surface area contributed by atoms with E-state index in [1.54, 1.807) is 11.8 Å². The van der Waals surface area contributed by atoms with E-state index in [2.05, 4.69) is 0 Å². The van der Waals surface area contributed by atoms with Crippen LogP contribution in [0.5, 0.6) is 0 Å². The highest BCUT2D eigenvalue weighted by Crippen LogP contribution is 2.32. The van der Waals surface area contributed by atoms with Crippen LogP contribution in [0.25, 0.3) is 11.1 Å².